The summed E-state index contributed by atoms with van der Waals surface area (Å²) in [5.74, 6) is 0. The quantitative estimate of drug-likeness (QED) is 0.224. The van der Waals surface area contributed by atoms with Crippen LogP contribution in [0.2, 0.25) is 5.04 Å². The number of pyridine rings is 1. The lowest BCUT2D eigenvalue weighted by Crippen LogP contribution is -2.65. The number of fused-ring (bicyclic) bond motifs is 1. The van der Waals surface area contributed by atoms with E-state index in [9.17, 15) is 4.80 Å². The van der Waals surface area contributed by atoms with Gasteiger partial charge in [0, 0.05) is 24.0 Å². The zero-order chi connectivity index (χ0) is 25.0. The summed E-state index contributed by atoms with van der Waals surface area (Å²) >= 11 is 0. The molecule has 0 aliphatic carbocycles. The molecule has 36 heavy (non-hydrogen) atoms. The fraction of sp³-hybridized carbons (Fsp3) is 0.125. The molecule has 5 rings (SSSR count). The van der Waals surface area contributed by atoms with Crippen LogP contribution in [0.5, 0.6) is 0 Å². The van der Waals surface area contributed by atoms with E-state index >= 15 is 0 Å². The van der Waals surface area contributed by atoms with Crippen molar-refractivity contribution in [2.75, 3.05) is 0 Å². The normalized spacial score (nSPS) is 12.3. The molecule has 0 bridgehead atoms. The van der Waals surface area contributed by atoms with Gasteiger partial charge in [-0.15, -0.1) is 0 Å². The highest BCUT2D eigenvalue weighted by Gasteiger charge is 2.49. The Morgan fingerprint density at radius 2 is 1.31 bits per heavy atom. The SMILES string of the molecule is CC(C)(Cc1cccc2c(/N=C/c3ccncc3)cccc12)[Si](O)(c1ccccc1)c1ccccc1. The van der Waals surface area contributed by atoms with Gasteiger partial charge in [0.15, 0.2) is 0 Å². The molecule has 0 spiro atoms. The molecule has 0 fully saturated rings. The molecular formula is C32H30N2OSi. The number of aliphatic imine (C=N–C) groups is 1. The van der Waals surface area contributed by atoms with E-state index in [4.69, 9.17) is 4.99 Å². The first-order valence-corrected chi connectivity index (χ1v) is 14.2. The van der Waals surface area contributed by atoms with Gasteiger partial charge in [-0.2, -0.15) is 0 Å². The fourth-order valence-corrected chi connectivity index (χ4v) is 8.82. The van der Waals surface area contributed by atoms with E-state index in [2.05, 4.69) is 73.4 Å². The molecule has 0 atom stereocenters. The number of hydrogen-bond donors (Lipinski definition) is 1. The van der Waals surface area contributed by atoms with Gasteiger partial charge in [-0.25, -0.2) is 0 Å². The lowest BCUT2D eigenvalue weighted by Gasteiger charge is -2.41. The maximum Gasteiger partial charge on any atom is 0.258 e. The summed E-state index contributed by atoms with van der Waals surface area (Å²) in [6.45, 7) is 4.42. The Kier molecular flexibility index (Phi) is 6.64. The van der Waals surface area contributed by atoms with Crippen LogP contribution < -0.4 is 10.4 Å². The third kappa shape index (κ3) is 4.53. The average Bonchev–Trinajstić information content (AvgIpc) is 2.93. The second-order valence-corrected chi connectivity index (χ2v) is 13.8. The summed E-state index contributed by atoms with van der Waals surface area (Å²) in [6.07, 6.45) is 6.17. The van der Waals surface area contributed by atoms with Crippen LogP contribution in [0.3, 0.4) is 0 Å². The van der Waals surface area contributed by atoms with Crippen molar-refractivity contribution in [3.05, 3.63) is 133 Å². The van der Waals surface area contributed by atoms with Crippen LogP contribution in [0, 0.1) is 0 Å². The lowest BCUT2D eigenvalue weighted by atomic mass is 9.95. The Morgan fingerprint density at radius 1 is 0.722 bits per heavy atom. The van der Waals surface area contributed by atoms with Crippen molar-refractivity contribution in [2.45, 2.75) is 25.3 Å². The van der Waals surface area contributed by atoms with Gasteiger partial charge < -0.3 is 4.80 Å². The van der Waals surface area contributed by atoms with Crippen molar-refractivity contribution in [3.63, 3.8) is 0 Å². The maximum atomic E-state index is 12.6. The number of rotatable bonds is 7. The Bertz CT molecular complexity index is 1440. The Labute approximate surface area is 214 Å². The first-order chi connectivity index (χ1) is 17.5. The second kappa shape index (κ2) is 10.0. The highest BCUT2D eigenvalue weighted by Crippen LogP contribution is 2.41. The van der Waals surface area contributed by atoms with Crippen LogP contribution in [0.15, 0.2) is 127 Å². The van der Waals surface area contributed by atoms with Gasteiger partial charge in [-0.05, 0) is 56.5 Å². The molecule has 0 saturated heterocycles. The maximum absolute atomic E-state index is 12.6. The minimum atomic E-state index is -3.11. The summed E-state index contributed by atoms with van der Waals surface area (Å²) in [6, 6.07) is 37.0. The summed E-state index contributed by atoms with van der Waals surface area (Å²) in [5, 5.41) is 3.97. The average molecular weight is 487 g/mol. The summed E-state index contributed by atoms with van der Waals surface area (Å²) in [7, 11) is -3.11. The van der Waals surface area contributed by atoms with Crippen LogP contribution in [0.1, 0.15) is 25.0 Å². The van der Waals surface area contributed by atoms with Crippen molar-refractivity contribution in [1.82, 2.24) is 4.98 Å². The molecule has 178 valence electrons. The number of nitrogens with zero attached hydrogens (tertiary/aromatic N) is 2. The fourth-order valence-electron chi connectivity index (χ4n) is 5.13. The van der Waals surface area contributed by atoms with E-state index in [1.54, 1.807) is 12.4 Å². The van der Waals surface area contributed by atoms with Crippen molar-refractivity contribution in [1.29, 1.82) is 0 Å². The zero-order valence-corrected chi connectivity index (χ0v) is 21.7. The largest absolute Gasteiger partial charge is 0.424 e. The van der Waals surface area contributed by atoms with Crippen molar-refractivity contribution >= 4 is 41.4 Å². The van der Waals surface area contributed by atoms with Gasteiger partial charge in [0.1, 0.15) is 0 Å². The van der Waals surface area contributed by atoms with Crippen LogP contribution in [0.25, 0.3) is 10.8 Å². The molecule has 1 aromatic heterocycles. The molecule has 4 heteroatoms. The first-order valence-electron chi connectivity index (χ1n) is 12.3. The van der Waals surface area contributed by atoms with Crippen molar-refractivity contribution < 1.29 is 4.80 Å². The monoisotopic (exact) mass is 486 g/mol. The highest BCUT2D eigenvalue weighted by atomic mass is 28.4. The molecule has 1 N–H and O–H groups in total. The molecule has 4 aromatic carbocycles. The van der Waals surface area contributed by atoms with E-state index in [0.717, 1.165) is 33.4 Å². The van der Waals surface area contributed by atoms with Gasteiger partial charge in [-0.1, -0.05) is 105 Å². The van der Waals surface area contributed by atoms with E-state index < -0.39 is 8.32 Å². The first kappa shape index (κ1) is 23.9. The van der Waals surface area contributed by atoms with E-state index in [1.807, 2.05) is 60.8 Å². The number of aromatic nitrogens is 1. The topological polar surface area (TPSA) is 45.5 Å². The van der Waals surface area contributed by atoms with Crippen molar-refractivity contribution in [2.24, 2.45) is 4.99 Å². The third-order valence-corrected chi connectivity index (χ3v) is 11.5. The van der Waals surface area contributed by atoms with E-state index in [-0.39, 0.29) is 5.04 Å². The molecule has 0 aliphatic rings. The van der Waals surface area contributed by atoms with Crippen molar-refractivity contribution in [3.8, 4) is 0 Å². The van der Waals surface area contributed by atoms with Crippen LogP contribution >= 0.6 is 0 Å². The molecule has 1 heterocycles. The molecule has 0 radical (unpaired) electrons. The number of hydrogen-bond acceptors (Lipinski definition) is 3. The Hall–Kier alpha value is -3.86. The molecule has 0 saturated carbocycles. The lowest BCUT2D eigenvalue weighted by molar-refractivity contribution is 0.485. The predicted octanol–water partition coefficient (Wildman–Crippen LogP) is 6.06. The van der Waals surface area contributed by atoms with Crippen LogP contribution in [-0.2, 0) is 6.42 Å². The molecule has 3 nitrogen and oxygen atoms in total. The standard InChI is InChI=1S/C32H30N2OSi/c1-32(2,36(35,27-12-5-3-6-13-27)28-14-7-4-8-15-28)23-26-11-9-17-30-29(26)16-10-18-31(30)34-24-25-19-21-33-22-20-25/h3-22,24,35H,23H2,1-2H3/b34-24+. The molecule has 5 aromatic rings. The van der Waals surface area contributed by atoms with Gasteiger partial charge >= 0.3 is 0 Å². The number of benzene rings is 4. The van der Waals surface area contributed by atoms with Crippen LogP contribution in [0.4, 0.5) is 5.69 Å². The zero-order valence-electron chi connectivity index (χ0n) is 20.7. The van der Waals surface area contributed by atoms with Gasteiger partial charge in [-0.3, -0.25) is 9.98 Å². The molecule has 0 amide bonds. The van der Waals surface area contributed by atoms with Crippen LogP contribution in [-0.4, -0.2) is 24.3 Å². The van der Waals surface area contributed by atoms with E-state index in [1.165, 1.54) is 10.9 Å². The molecular weight excluding hydrogens is 456 g/mol. The molecule has 0 aliphatic heterocycles. The third-order valence-electron chi connectivity index (χ3n) is 7.04. The minimum Gasteiger partial charge on any atom is -0.424 e. The predicted molar refractivity (Wildman–Crippen MR) is 153 cm³/mol. The van der Waals surface area contributed by atoms with Gasteiger partial charge in [0.25, 0.3) is 8.32 Å². The Morgan fingerprint density at radius 3 is 1.94 bits per heavy atom. The second-order valence-electron chi connectivity index (χ2n) is 9.83. The summed E-state index contributed by atoms with van der Waals surface area (Å²) in [4.78, 5) is 21.5. The Balaban J connectivity index is 1.57. The smallest absolute Gasteiger partial charge is 0.258 e. The van der Waals surface area contributed by atoms with Gasteiger partial charge in [0.2, 0.25) is 0 Å². The van der Waals surface area contributed by atoms with E-state index in [0.29, 0.717) is 0 Å². The molecule has 0 unspecified atom stereocenters. The summed E-state index contributed by atoms with van der Waals surface area (Å²) < 4.78 is 0. The minimum absolute atomic E-state index is 0.375. The highest BCUT2D eigenvalue weighted by molar-refractivity contribution is 6.98. The summed E-state index contributed by atoms with van der Waals surface area (Å²) in [5.41, 5.74) is 3.17. The van der Waals surface area contributed by atoms with Gasteiger partial charge in [0.05, 0.1) is 5.69 Å².